The summed E-state index contributed by atoms with van der Waals surface area (Å²) in [7, 11) is 0. The van der Waals surface area contributed by atoms with Crippen LogP contribution in [0.4, 0.5) is 5.88 Å². The van der Waals surface area contributed by atoms with Gasteiger partial charge in [-0.05, 0) is 24.5 Å². The molecule has 1 aromatic carbocycles. The molecule has 0 atom stereocenters. The van der Waals surface area contributed by atoms with Crippen LogP contribution in [-0.2, 0) is 0 Å². The van der Waals surface area contributed by atoms with E-state index < -0.39 is 0 Å². The molecule has 16 heavy (non-hydrogen) atoms. The number of hydrogen-bond acceptors (Lipinski definition) is 5. The third-order valence-corrected chi connectivity index (χ3v) is 3.38. The van der Waals surface area contributed by atoms with E-state index in [1.54, 1.807) is 6.07 Å². The lowest BCUT2D eigenvalue weighted by Crippen LogP contribution is -1.77. The molecule has 2 N–H and O–H groups in total. The number of hydrogen-bond donors (Lipinski definition) is 1. The first-order chi connectivity index (χ1) is 7.74. The average molecular weight is 231 g/mol. The SMILES string of the molecule is Cc1nsc2cc(-c3cc(N)on3)ccc12. The molecule has 0 spiro atoms. The minimum absolute atomic E-state index is 0.329. The van der Waals surface area contributed by atoms with Crippen molar-refractivity contribution in [1.29, 1.82) is 0 Å². The highest BCUT2D eigenvalue weighted by Gasteiger charge is 2.07. The maximum atomic E-state index is 5.49. The molecule has 0 unspecified atom stereocenters. The summed E-state index contributed by atoms with van der Waals surface area (Å²) in [6, 6.07) is 7.82. The van der Waals surface area contributed by atoms with E-state index in [1.807, 2.05) is 19.1 Å². The van der Waals surface area contributed by atoms with E-state index in [0.717, 1.165) is 21.7 Å². The number of nitrogens with zero attached hydrogens (tertiary/aromatic N) is 2. The zero-order chi connectivity index (χ0) is 11.1. The van der Waals surface area contributed by atoms with Gasteiger partial charge in [0.05, 0.1) is 10.4 Å². The summed E-state index contributed by atoms with van der Waals surface area (Å²) in [5.41, 5.74) is 8.31. The van der Waals surface area contributed by atoms with Gasteiger partial charge in [0.2, 0.25) is 5.88 Å². The van der Waals surface area contributed by atoms with Gasteiger partial charge in [-0.15, -0.1) is 0 Å². The Balaban J connectivity index is 2.18. The standard InChI is InChI=1S/C11H9N3OS/c1-6-8-3-2-7(4-10(8)16-14-6)9-5-11(12)15-13-9/h2-5H,12H2,1H3. The minimum atomic E-state index is 0.329. The number of anilines is 1. The van der Waals surface area contributed by atoms with Crippen molar-refractivity contribution >= 4 is 27.5 Å². The van der Waals surface area contributed by atoms with E-state index in [4.69, 9.17) is 10.3 Å². The molecule has 0 fully saturated rings. The molecule has 5 heteroatoms. The Kier molecular flexibility index (Phi) is 1.94. The number of benzene rings is 1. The Morgan fingerprint density at radius 1 is 1.31 bits per heavy atom. The Hall–Kier alpha value is -1.88. The average Bonchev–Trinajstić information content (AvgIpc) is 2.86. The fourth-order valence-corrected chi connectivity index (χ4v) is 2.48. The van der Waals surface area contributed by atoms with Gasteiger partial charge in [0, 0.05) is 17.0 Å². The highest BCUT2D eigenvalue weighted by molar-refractivity contribution is 7.13. The Morgan fingerprint density at radius 2 is 2.19 bits per heavy atom. The van der Waals surface area contributed by atoms with Gasteiger partial charge in [-0.2, -0.15) is 4.37 Å². The van der Waals surface area contributed by atoms with Crippen LogP contribution in [0, 0.1) is 6.92 Å². The smallest absolute Gasteiger partial charge is 0.222 e. The van der Waals surface area contributed by atoms with Gasteiger partial charge in [-0.3, -0.25) is 0 Å². The normalized spacial score (nSPS) is 11.1. The van der Waals surface area contributed by atoms with Crippen LogP contribution in [0.1, 0.15) is 5.69 Å². The van der Waals surface area contributed by atoms with Crippen molar-refractivity contribution in [3.63, 3.8) is 0 Å². The minimum Gasteiger partial charge on any atom is -0.368 e. The van der Waals surface area contributed by atoms with E-state index in [-0.39, 0.29) is 0 Å². The van der Waals surface area contributed by atoms with Crippen molar-refractivity contribution in [1.82, 2.24) is 9.53 Å². The maximum Gasteiger partial charge on any atom is 0.222 e. The first-order valence-corrected chi connectivity index (χ1v) is 5.60. The van der Waals surface area contributed by atoms with E-state index >= 15 is 0 Å². The second kappa shape index (κ2) is 3.31. The number of nitrogen functional groups attached to an aromatic ring is 1. The molecule has 0 saturated carbocycles. The van der Waals surface area contributed by atoms with E-state index in [9.17, 15) is 0 Å². The lowest BCUT2D eigenvalue weighted by Gasteiger charge is -1.95. The fourth-order valence-electron chi connectivity index (χ4n) is 1.65. The van der Waals surface area contributed by atoms with Gasteiger partial charge in [0.15, 0.2) is 0 Å². The molecule has 2 heterocycles. The van der Waals surface area contributed by atoms with Crippen LogP contribution >= 0.6 is 11.5 Å². The van der Waals surface area contributed by atoms with Crippen molar-refractivity contribution in [2.24, 2.45) is 0 Å². The van der Waals surface area contributed by atoms with Crippen LogP contribution in [0.5, 0.6) is 0 Å². The monoisotopic (exact) mass is 231 g/mol. The molecule has 0 bridgehead atoms. The molecule has 3 rings (SSSR count). The topological polar surface area (TPSA) is 64.9 Å². The lowest BCUT2D eigenvalue weighted by atomic mass is 10.1. The zero-order valence-corrected chi connectivity index (χ0v) is 9.41. The van der Waals surface area contributed by atoms with Crippen LogP contribution in [0.25, 0.3) is 21.3 Å². The summed E-state index contributed by atoms with van der Waals surface area (Å²) in [6.45, 7) is 2.01. The molecule has 0 aliphatic heterocycles. The number of rotatable bonds is 1. The molecule has 0 amide bonds. The highest BCUT2D eigenvalue weighted by atomic mass is 32.1. The summed E-state index contributed by atoms with van der Waals surface area (Å²) < 4.78 is 10.3. The van der Waals surface area contributed by atoms with Gasteiger partial charge in [-0.25, -0.2) is 0 Å². The Morgan fingerprint density at radius 3 is 2.94 bits per heavy atom. The third kappa shape index (κ3) is 1.37. The van der Waals surface area contributed by atoms with Crippen LogP contribution in [0.15, 0.2) is 28.8 Å². The zero-order valence-electron chi connectivity index (χ0n) is 8.60. The molecule has 80 valence electrons. The highest BCUT2D eigenvalue weighted by Crippen LogP contribution is 2.28. The number of aryl methyl sites for hydroxylation is 1. The van der Waals surface area contributed by atoms with Crippen molar-refractivity contribution in [3.8, 4) is 11.3 Å². The van der Waals surface area contributed by atoms with Gasteiger partial charge < -0.3 is 10.3 Å². The van der Waals surface area contributed by atoms with Gasteiger partial charge >= 0.3 is 0 Å². The van der Waals surface area contributed by atoms with Gasteiger partial charge in [0.1, 0.15) is 5.69 Å². The van der Waals surface area contributed by atoms with Crippen molar-refractivity contribution < 1.29 is 4.52 Å². The van der Waals surface area contributed by atoms with Crippen LogP contribution in [-0.4, -0.2) is 9.53 Å². The summed E-state index contributed by atoms with van der Waals surface area (Å²) >= 11 is 1.49. The quantitative estimate of drug-likeness (QED) is 0.699. The fraction of sp³-hybridized carbons (Fsp3) is 0.0909. The van der Waals surface area contributed by atoms with Crippen molar-refractivity contribution in [2.75, 3.05) is 5.73 Å². The Bertz CT molecular complexity index is 656. The van der Waals surface area contributed by atoms with Gasteiger partial charge in [0.25, 0.3) is 0 Å². The van der Waals surface area contributed by atoms with E-state index in [2.05, 4.69) is 15.6 Å². The van der Waals surface area contributed by atoms with Crippen LogP contribution in [0.3, 0.4) is 0 Å². The van der Waals surface area contributed by atoms with Crippen LogP contribution < -0.4 is 5.73 Å². The Labute approximate surface area is 95.8 Å². The summed E-state index contributed by atoms with van der Waals surface area (Å²) in [5, 5.41) is 5.07. The second-order valence-corrected chi connectivity index (χ2v) is 4.40. The molecular formula is C11H9N3OS. The van der Waals surface area contributed by atoms with Crippen LogP contribution in [0.2, 0.25) is 0 Å². The molecular weight excluding hydrogens is 222 g/mol. The van der Waals surface area contributed by atoms with E-state index in [1.165, 1.54) is 16.9 Å². The molecule has 2 aromatic heterocycles. The summed E-state index contributed by atoms with van der Waals surface area (Å²) in [6.07, 6.45) is 0. The maximum absolute atomic E-state index is 5.49. The van der Waals surface area contributed by atoms with Gasteiger partial charge in [-0.1, -0.05) is 17.3 Å². The first kappa shape index (κ1) is 9.35. The lowest BCUT2D eigenvalue weighted by molar-refractivity contribution is 0.439. The molecule has 0 aliphatic rings. The molecule has 4 nitrogen and oxygen atoms in total. The summed E-state index contributed by atoms with van der Waals surface area (Å²) in [4.78, 5) is 0. The predicted octanol–water partition coefficient (Wildman–Crippen LogP) is 2.84. The number of aromatic nitrogens is 2. The molecule has 0 aliphatic carbocycles. The largest absolute Gasteiger partial charge is 0.368 e. The van der Waals surface area contributed by atoms with E-state index in [0.29, 0.717) is 5.88 Å². The molecule has 0 saturated heterocycles. The van der Waals surface area contributed by atoms with Crippen molar-refractivity contribution in [3.05, 3.63) is 30.0 Å². The number of fused-ring (bicyclic) bond motifs is 1. The predicted molar refractivity (Wildman–Crippen MR) is 64.3 cm³/mol. The third-order valence-electron chi connectivity index (χ3n) is 2.48. The summed E-state index contributed by atoms with van der Waals surface area (Å²) in [5.74, 6) is 0.329. The second-order valence-electron chi connectivity index (χ2n) is 3.59. The van der Waals surface area contributed by atoms with Crippen molar-refractivity contribution in [2.45, 2.75) is 6.92 Å². The number of nitrogens with two attached hydrogens (primary N) is 1. The first-order valence-electron chi connectivity index (χ1n) is 4.82. The molecule has 3 aromatic rings. The molecule has 0 radical (unpaired) electrons.